The first-order valence-electron chi connectivity index (χ1n) is 14.8. The number of benzene rings is 3. The van der Waals surface area contributed by atoms with Crippen LogP contribution >= 0.6 is 27.3 Å². The van der Waals surface area contributed by atoms with Crippen molar-refractivity contribution in [3.63, 3.8) is 0 Å². The lowest BCUT2D eigenvalue weighted by Gasteiger charge is -2.26. The van der Waals surface area contributed by atoms with E-state index in [1.165, 1.54) is 42.3 Å². The van der Waals surface area contributed by atoms with Gasteiger partial charge in [-0.3, -0.25) is 19.5 Å². The number of carbonyl (C=O) groups is 1. The average Bonchev–Trinajstić information content (AvgIpc) is 3.37. The van der Waals surface area contributed by atoms with Gasteiger partial charge in [-0.05, 0) is 79.9 Å². The van der Waals surface area contributed by atoms with Gasteiger partial charge in [0.05, 0.1) is 54.2 Å². The SMILES string of the molecule is CCOC(=O)C1=C(C)N=c2s/c(=C\c3ccc(OCc4ccc([N+](=O)[O-])cc4)c(OCC)c3)c(=O)n2[C@@H]1c1cc(OC)c(OC)cc1Br. The molecule has 48 heavy (non-hydrogen) atoms. The fourth-order valence-corrected chi connectivity index (χ4v) is 6.78. The number of hydrogen-bond acceptors (Lipinski definition) is 11. The van der Waals surface area contributed by atoms with Gasteiger partial charge < -0.3 is 23.7 Å². The molecule has 1 aromatic heterocycles. The van der Waals surface area contributed by atoms with Crippen LogP contribution in [0.2, 0.25) is 0 Å². The highest BCUT2D eigenvalue weighted by Crippen LogP contribution is 2.41. The number of fused-ring (bicyclic) bond motifs is 1. The van der Waals surface area contributed by atoms with Crippen molar-refractivity contribution in [3.8, 4) is 23.0 Å². The van der Waals surface area contributed by atoms with Gasteiger partial charge in [0.1, 0.15) is 6.61 Å². The molecule has 0 saturated heterocycles. The van der Waals surface area contributed by atoms with Gasteiger partial charge in [0.2, 0.25) is 0 Å². The maximum absolute atomic E-state index is 14.2. The van der Waals surface area contributed by atoms with Crippen molar-refractivity contribution >= 4 is 45.0 Å². The summed E-state index contributed by atoms with van der Waals surface area (Å²) >= 11 is 4.81. The molecule has 0 bridgehead atoms. The topological polar surface area (TPSA) is 141 Å². The molecule has 2 heterocycles. The minimum Gasteiger partial charge on any atom is -0.493 e. The number of aromatic nitrogens is 1. The second-order valence-electron chi connectivity index (χ2n) is 10.4. The van der Waals surface area contributed by atoms with Crippen LogP contribution in [0.3, 0.4) is 0 Å². The number of ether oxygens (including phenoxy) is 5. The summed E-state index contributed by atoms with van der Waals surface area (Å²) in [6.07, 6.45) is 1.73. The first kappa shape index (κ1) is 34.4. The number of nitro groups is 1. The summed E-state index contributed by atoms with van der Waals surface area (Å²) in [5.41, 5.74) is 2.33. The number of thiazole rings is 1. The molecular weight excluding hydrogens is 706 g/mol. The molecule has 3 aromatic carbocycles. The molecule has 12 nitrogen and oxygen atoms in total. The predicted octanol–water partition coefficient (Wildman–Crippen LogP) is 5.46. The molecule has 5 rings (SSSR count). The van der Waals surface area contributed by atoms with Gasteiger partial charge in [-0.15, -0.1) is 0 Å². The van der Waals surface area contributed by atoms with E-state index in [0.29, 0.717) is 60.2 Å². The Morgan fingerprint density at radius 1 is 1.00 bits per heavy atom. The molecule has 0 amide bonds. The van der Waals surface area contributed by atoms with E-state index in [9.17, 15) is 19.7 Å². The van der Waals surface area contributed by atoms with Crippen molar-refractivity contribution in [2.24, 2.45) is 4.99 Å². The normalized spacial score (nSPS) is 14.2. The fourth-order valence-electron chi connectivity index (χ4n) is 5.19. The second-order valence-corrected chi connectivity index (χ2v) is 12.2. The van der Waals surface area contributed by atoms with E-state index in [1.54, 1.807) is 62.4 Å². The minimum absolute atomic E-state index is 0.00153. The molecule has 0 N–H and O–H groups in total. The van der Waals surface area contributed by atoms with Crippen LogP contribution in [-0.2, 0) is 16.1 Å². The Labute approximate surface area is 287 Å². The van der Waals surface area contributed by atoms with Crippen LogP contribution in [0.5, 0.6) is 23.0 Å². The third kappa shape index (κ3) is 6.99. The zero-order chi connectivity index (χ0) is 34.5. The molecule has 0 radical (unpaired) electrons. The van der Waals surface area contributed by atoms with Gasteiger partial charge >= 0.3 is 5.97 Å². The third-order valence-corrected chi connectivity index (χ3v) is 9.09. The maximum Gasteiger partial charge on any atom is 0.338 e. The Balaban J connectivity index is 1.57. The molecule has 250 valence electrons. The van der Waals surface area contributed by atoms with E-state index in [-0.39, 0.29) is 30.0 Å². The number of non-ortho nitro benzene ring substituents is 1. The summed E-state index contributed by atoms with van der Waals surface area (Å²) in [7, 11) is 3.03. The monoisotopic (exact) mass is 737 g/mol. The van der Waals surface area contributed by atoms with E-state index in [1.807, 2.05) is 6.92 Å². The molecule has 4 aromatic rings. The van der Waals surface area contributed by atoms with Crippen molar-refractivity contribution in [1.29, 1.82) is 0 Å². The molecule has 0 saturated carbocycles. The van der Waals surface area contributed by atoms with E-state index in [2.05, 4.69) is 20.9 Å². The molecule has 1 aliphatic heterocycles. The lowest BCUT2D eigenvalue weighted by Crippen LogP contribution is -2.40. The van der Waals surface area contributed by atoms with Crippen LogP contribution < -0.4 is 33.8 Å². The summed E-state index contributed by atoms with van der Waals surface area (Å²) in [5, 5.41) is 11.0. The van der Waals surface area contributed by atoms with Gasteiger partial charge in [-0.25, -0.2) is 9.79 Å². The van der Waals surface area contributed by atoms with Crippen LogP contribution in [0, 0.1) is 10.1 Å². The number of hydrogen-bond donors (Lipinski definition) is 0. The van der Waals surface area contributed by atoms with Crippen LogP contribution in [0.4, 0.5) is 5.69 Å². The standard InChI is InChI=1S/C34H32BrN3O9S/c1-6-45-28-14-21(10-13-25(28)47-18-20-8-11-22(12-9-20)38(41)42)15-29-32(39)37-31(23-16-26(43-4)27(44-5)17-24(23)35)30(33(40)46-7-2)19(3)36-34(37)48-29/h8-17,31H,6-7,18H2,1-5H3/b29-15-/t31-/m1/s1. The van der Waals surface area contributed by atoms with Gasteiger partial charge in [0.15, 0.2) is 27.8 Å². The maximum atomic E-state index is 14.2. The van der Waals surface area contributed by atoms with Crippen molar-refractivity contribution in [2.45, 2.75) is 33.4 Å². The highest BCUT2D eigenvalue weighted by atomic mass is 79.9. The number of allylic oxidation sites excluding steroid dienone is 1. The number of carbonyl (C=O) groups excluding carboxylic acids is 1. The lowest BCUT2D eigenvalue weighted by molar-refractivity contribution is -0.384. The van der Waals surface area contributed by atoms with Crippen LogP contribution in [-0.4, -0.2) is 42.9 Å². The molecule has 0 spiro atoms. The van der Waals surface area contributed by atoms with Crippen LogP contribution in [0.1, 0.15) is 43.5 Å². The van der Waals surface area contributed by atoms with E-state index in [4.69, 9.17) is 23.7 Å². The van der Waals surface area contributed by atoms with Gasteiger partial charge in [-0.1, -0.05) is 33.3 Å². The molecule has 0 aliphatic carbocycles. The smallest absolute Gasteiger partial charge is 0.338 e. The van der Waals surface area contributed by atoms with E-state index in [0.717, 1.165) is 5.56 Å². The van der Waals surface area contributed by atoms with Gasteiger partial charge in [0, 0.05) is 16.6 Å². The fraction of sp³-hybridized carbons (Fsp3) is 0.265. The highest BCUT2D eigenvalue weighted by molar-refractivity contribution is 9.10. The van der Waals surface area contributed by atoms with Crippen molar-refractivity contribution in [2.75, 3.05) is 27.4 Å². The summed E-state index contributed by atoms with van der Waals surface area (Å²) < 4.78 is 30.7. The Kier molecular flexibility index (Phi) is 10.6. The zero-order valence-electron chi connectivity index (χ0n) is 26.8. The molecule has 1 aliphatic rings. The Bertz CT molecular complexity index is 2090. The Morgan fingerprint density at radius 2 is 1.71 bits per heavy atom. The highest BCUT2D eigenvalue weighted by Gasteiger charge is 2.35. The number of halogens is 1. The summed E-state index contributed by atoms with van der Waals surface area (Å²) in [6, 6.07) is 14.0. The zero-order valence-corrected chi connectivity index (χ0v) is 29.2. The Hall–Kier alpha value is -4.95. The third-order valence-electron chi connectivity index (χ3n) is 7.42. The van der Waals surface area contributed by atoms with Gasteiger partial charge in [0.25, 0.3) is 11.2 Å². The first-order valence-corrected chi connectivity index (χ1v) is 16.4. The van der Waals surface area contributed by atoms with Crippen LogP contribution in [0.25, 0.3) is 6.08 Å². The second kappa shape index (κ2) is 14.9. The van der Waals surface area contributed by atoms with Crippen molar-refractivity contribution in [3.05, 3.63) is 117 Å². The number of nitro benzene ring substituents is 1. The molecule has 14 heteroatoms. The molecular formula is C34H32BrN3O9S. The van der Waals surface area contributed by atoms with Crippen molar-refractivity contribution in [1.82, 2.24) is 4.57 Å². The van der Waals surface area contributed by atoms with E-state index >= 15 is 0 Å². The summed E-state index contributed by atoms with van der Waals surface area (Å²) in [5.74, 6) is 1.26. The molecule has 1 atom stereocenters. The molecule has 0 unspecified atom stereocenters. The minimum atomic E-state index is -0.870. The van der Waals surface area contributed by atoms with Gasteiger partial charge in [-0.2, -0.15) is 0 Å². The summed E-state index contributed by atoms with van der Waals surface area (Å²) in [6.45, 7) is 5.97. The average molecular weight is 739 g/mol. The van der Waals surface area contributed by atoms with E-state index < -0.39 is 16.9 Å². The van der Waals surface area contributed by atoms with Crippen LogP contribution in [0.15, 0.2) is 80.1 Å². The number of methoxy groups -OCH3 is 2. The Morgan fingerprint density at radius 3 is 2.35 bits per heavy atom. The largest absolute Gasteiger partial charge is 0.493 e. The van der Waals surface area contributed by atoms with Crippen molar-refractivity contribution < 1.29 is 33.4 Å². The number of nitrogens with zero attached hydrogens (tertiary/aromatic N) is 3. The molecule has 0 fully saturated rings. The lowest BCUT2D eigenvalue weighted by atomic mass is 9.95. The summed E-state index contributed by atoms with van der Waals surface area (Å²) in [4.78, 5) is 43.1. The first-order chi connectivity index (χ1) is 23.1. The number of esters is 1. The number of rotatable bonds is 12. The predicted molar refractivity (Wildman–Crippen MR) is 183 cm³/mol. The quantitative estimate of drug-likeness (QED) is 0.105.